The molecule has 0 aliphatic heterocycles. The van der Waals surface area contributed by atoms with Crippen molar-refractivity contribution >= 4 is 22.9 Å². The normalized spacial score (nSPS) is 17.7. The number of rotatable bonds is 2. The van der Waals surface area contributed by atoms with Gasteiger partial charge in [0.15, 0.2) is 0 Å². The predicted molar refractivity (Wildman–Crippen MR) is 84.9 cm³/mol. The predicted octanol–water partition coefficient (Wildman–Crippen LogP) is 5.14. The lowest BCUT2D eigenvalue weighted by Gasteiger charge is -2.19. The van der Waals surface area contributed by atoms with Crippen molar-refractivity contribution in [2.75, 3.05) is 5.32 Å². The summed E-state index contributed by atoms with van der Waals surface area (Å²) in [6, 6.07) is 4.71. The van der Waals surface area contributed by atoms with Gasteiger partial charge in [-0.15, -0.1) is 11.3 Å². The molecule has 1 N–H and O–H groups in total. The molecule has 0 spiro atoms. The molecule has 1 aromatic heterocycles. The first kappa shape index (κ1) is 16.1. The Hall–Kier alpha value is -1.82. The zero-order valence-electron chi connectivity index (χ0n) is 12.5. The molecule has 1 aromatic carbocycles. The Labute approximate surface area is 136 Å². The van der Waals surface area contributed by atoms with Crippen LogP contribution in [0.1, 0.15) is 39.7 Å². The molecule has 2 aromatic rings. The Kier molecular flexibility index (Phi) is 4.19. The second kappa shape index (κ2) is 6.00. The van der Waals surface area contributed by atoms with E-state index in [-0.39, 0.29) is 11.6 Å². The highest BCUT2D eigenvalue weighted by Crippen LogP contribution is 2.34. The van der Waals surface area contributed by atoms with E-state index in [0.717, 1.165) is 37.0 Å². The number of carbonyl (C=O) groups is 1. The van der Waals surface area contributed by atoms with Gasteiger partial charge in [-0.3, -0.25) is 4.79 Å². The minimum Gasteiger partial charge on any atom is -0.322 e. The molecule has 0 radical (unpaired) electrons. The lowest BCUT2D eigenvalue weighted by atomic mass is 9.88. The highest BCUT2D eigenvalue weighted by Gasteiger charge is 2.30. The smallest absolute Gasteiger partial charge is 0.322 e. The van der Waals surface area contributed by atoms with E-state index in [1.165, 1.54) is 17.0 Å². The Balaban J connectivity index is 1.81. The first-order valence-electron chi connectivity index (χ1n) is 7.42. The topological polar surface area (TPSA) is 29.1 Å². The number of amides is 1. The Morgan fingerprint density at radius 3 is 2.87 bits per heavy atom. The van der Waals surface area contributed by atoms with E-state index in [1.807, 2.05) is 5.38 Å². The number of thiophene rings is 1. The third-order valence-corrected chi connectivity index (χ3v) is 5.15. The third kappa shape index (κ3) is 3.42. The standard InChI is InChI=1S/C17H16F3NOS/c1-10-5-6-13-14(9-23-15(13)7-10)16(22)21-12-4-2-3-11(8-12)17(18,19)20/h2-4,8-10H,5-7H2,1H3,(H,21,22). The van der Waals surface area contributed by atoms with Crippen LogP contribution in [0.4, 0.5) is 18.9 Å². The zero-order chi connectivity index (χ0) is 16.6. The van der Waals surface area contributed by atoms with Crippen molar-refractivity contribution in [3.8, 4) is 0 Å². The quantitative estimate of drug-likeness (QED) is 0.806. The summed E-state index contributed by atoms with van der Waals surface area (Å²) in [4.78, 5) is 13.6. The number of benzene rings is 1. The van der Waals surface area contributed by atoms with Gasteiger partial charge < -0.3 is 5.32 Å². The summed E-state index contributed by atoms with van der Waals surface area (Å²) in [5.41, 5.74) is 1.04. The Bertz CT molecular complexity index is 736. The van der Waals surface area contributed by atoms with Gasteiger partial charge in [0.25, 0.3) is 5.91 Å². The van der Waals surface area contributed by atoms with Crippen LogP contribution in [0.25, 0.3) is 0 Å². The maximum absolute atomic E-state index is 12.7. The van der Waals surface area contributed by atoms with Gasteiger partial charge >= 0.3 is 6.18 Å². The second-order valence-electron chi connectivity index (χ2n) is 5.93. The summed E-state index contributed by atoms with van der Waals surface area (Å²) in [5, 5.41) is 4.40. The summed E-state index contributed by atoms with van der Waals surface area (Å²) in [5.74, 6) is 0.275. The molecule has 1 unspecified atom stereocenters. The Morgan fingerprint density at radius 1 is 1.35 bits per heavy atom. The van der Waals surface area contributed by atoms with Crippen molar-refractivity contribution in [2.45, 2.75) is 32.4 Å². The molecule has 1 aliphatic rings. The fourth-order valence-corrected chi connectivity index (χ4v) is 4.08. The molecular weight excluding hydrogens is 323 g/mol. The van der Waals surface area contributed by atoms with E-state index >= 15 is 0 Å². The van der Waals surface area contributed by atoms with Crippen LogP contribution in [0.5, 0.6) is 0 Å². The third-order valence-electron chi connectivity index (χ3n) is 4.09. The molecule has 1 aliphatic carbocycles. The first-order valence-corrected chi connectivity index (χ1v) is 8.30. The van der Waals surface area contributed by atoms with Crippen LogP contribution in [-0.4, -0.2) is 5.91 Å². The van der Waals surface area contributed by atoms with Gasteiger partial charge in [-0.2, -0.15) is 13.2 Å². The van der Waals surface area contributed by atoms with E-state index in [2.05, 4.69) is 12.2 Å². The van der Waals surface area contributed by atoms with Crippen LogP contribution in [0.2, 0.25) is 0 Å². The minimum absolute atomic E-state index is 0.161. The zero-order valence-corrected chi connectivity index (χ0v) is 13.4. The van der Waals surface area contributed by atoms with Gasteiger partial charge in [0, 0.05) is 15.9 Å². The summed E-state index contributed by atoms with van der Waals surface area (Å²) in [6.07, 6.45) is -1.56. The number of carbonyl (C=O) groups excluding carboxylic acids is 1. The number of halogens is 3. The molecule has 0 bridgehead atoms. The fourth-order valence-electron chi connectivity index (χ4n) is 2.84. The number of alkyl halides is 3. The Morgan fingerprint density at radius 2 is 2.13 bits per heavy atom. The number of anilines is 1. The maximum atomic E-state index is 12.7. The number of nitrogens with one attached hydrogen (secondary N) is 1. The summed E-state index contributed by atoms with van der Waals surface area (Å²) in [6.45, 7) is 2.19. The second-order valence-corrected chi connectivity index (χ2v) is 6.90. The van der Waals surface area contributed by atoms with Crippen LogP contribution < -0.4 is 5.32 Å². The van der Waals surface area contributed by atoms with Gasteiger partial charge in [-0.05, 0) is 48.9 Å². The monoisotopic (exact) mass is 339 g/mol. The summed E-state index contributed by atoms with van der Waals surface area (Å²) < 4.78 is 38.2. The molecule has 1 heterocycles. The van der Waals surface area contributed by atoms with Gasteiger partial charge in [0.2, 0.25) is 0 Å². The fraction of sp³-hybridized carbons (Fsp3) is 0.353. The van der Waals surface area contributed by atoms with Gasteiger partial charge in [0.1, 0.15) is 0 Å². The van der Waals surface area contributed by atoms with Crippen LogP contribution in [-0.2, 0) is 19.0 Å². The van der Waals surface area contributed by atoms with Crippen LogP contribution in [0.3, 0.4) is 0 Å². The van der Waals surface area contributed by atoms with Gasteiger partial charge in [0.05, 0.1) is 11.1 Å². The van der Waals surface area contributed by atoms with Crippen molar-refractivity contribution in [3.05, 3.63) is 51.2 Å². The van der Waals surface area contributed by atoms with E-state index in [1.54, 1.807) is 11.3 Å². The molecule has 0 saturated heterocycles. The van der Waals surface area contributed by atoms with E-state index in [9.17, 15) is 18.0 Å². The lowest BCUT2D eigenvalue weighted by Crippen LogP contribution is -2.17. The van der Waals surface area contributed by atoms with Gasteiger partial charge in [-0.1, -0.05) is 13.0 Å². The maximum Gasteiger partial charge on any atom is 0.416 e. The molecule has 0 saturated carbocycles. The van der Waals surface area contributed by atoms with Crippen LogP contribution in [0, 0.1) is 5.92 Å². The van der Waals surface area contributed by atoms with Crippen molar-refractivity contribution < 1.29 is 18.0 Å². The first-order chi connectivity index (χ1) is 10.8. The molecule has 0 fully saturated rings. The molecule has 6 heteroatoms. The largest absolute Gasteiger partial charge is 0.416 e. The van der Waals surface area contributed by atoms with Crippen molar-refractivity contribution in [2.24, 2.45) is 5.92 Å². The van der Waals surface area contributed by atoms with E-state index in [4.69, 9.17) is 0 Å². The van der Waals surface area contributed by atoms with Crippen molar-refractivity contribution in [1.82, 2.24) is 0 Å². The van der Waals surface area contributed by atoms with E-state index < -0.39 is 11.7 Å². The molecule has 1 atom stereocenters. The number of fused-ring (bicyclic) bond motifs is 1. The molecule has 3 rings (SSSR count). The lowest BCUT2D eigenvalue weighted by molar-refractivity contribution is -0.137. The molecule has 122 valence electrons. The molecule has 1 amide bonds. The van der Waals surface area contributed by atoms with Crippen molar-refractivity contribution in [1.29, 1.82) is 0 Å². The molecule has 23 heavy (non-hydrogen) atoms. The molecule has 2 nitrogen and oxygen atoms in total. The number of hydrogen-bond donors (Lipinski definition) is 1. The minimum atomic E-state index is -4.42. The van der Waals surface area contributed by atoms with Crippen LogP contribution in [0.15, 0.2) is 29.6 Å². The average molecular weight is 339 g/mol. The van der Waals surface area contributed by atoms with Crippen molar-refractivity contribution in [3.63, 3.8) is 0 Å². The number of hydrogen-bond acceptors (Lipinski definition) is 2. The summed E-state index contributed by atoms with van der Waals surface area (Å²) >= 11 is 1.56. The van der Waals surface area contributed by atoms with E-state index in [0.29, 0.717) is 11.5 Å². The highest BCUT2D eigenvalue weighted by molar-refractivity contribution is 7.10. The van der Waals surface area contributed by atoms with Gasteiger partial charge in [-0.25, -0.2) is 0 Å². The van der Waals surface area contributed by atoms with Crippen LogP contribution >= 0.6 is 11.3 Å². The summed E-state index contributed by atoms with van der Waals surface area (Å²) in [7, 11) is 0. The average Bonchev–Trinajstić information content (AvgIpc) is 2.89. The SMILES string of the molecule is CC1CCc2c(C(=O)Nc3cccc(C(F)(F)F)c3)csc2C1. The highest BCUT2D eigenvalue weighted by atomic mass is 32.1. The molecular formula is C17H16F3NOS.